The van der Waals surface area contributed by atoms with Crippen molar-refractivity contribution in [2.45, 2.75) is 75.1 Å². The zero-order chi connectivity index (χ0) is 13.4. The van der Waals surface area contributed by atoms with Crippen molar-refractivity contribution in [2.75, 3.05) is 0 Å². The van der Waals surface area contributed by atoms with Gasteiger partial charge in [-0.05, 0) is 26.2 Å². The molecule has 1 spiro atoms. The number of hydrogen-bond donors (Lipinski definition) is 0. The molecule has 5 heteroatoms. The number of rotatable bonds is 2. The third-order valence-corrected chi connectivity index (χ3v) is 5.84. The minimum Gasteiger partial charge on any atom is -0.365 e. The third-order valence-electron chi connectivity index (χ3n) is 4.55. The first-order valence-corrected chi connectivity index (χ1v) is 7.64. The number of halogens is 4. The predicted molar refractivity (Wildman–Crippen MR) is 67.9 cm³/mol. The van der Waals surface area contributed by atoms with Crippen LogP contribution < -0.4 is 0 Å². The van der Waals surface area contributed by atoms with Crippen LogP contribution in [0.15, 0.2) is 0 Å². The largest absolute Gasteiger partial charge is 0.414 e. The Hall–Kier alpha value is 0.230. The lowest BCUT2D eigenvalue weighted by Crippen LogP contribution is -2.57. The third kappa shape index (κ3) is 2.72. The minimum atomic E-state index is -4.25. The summed E-state index contributed by atoms with van der Waals surface area (Å²) in [6.45, 7) is 1.12. The maximum Gasteiger partial charge on any atom is 0.414 e. The molecule has 0 aromatic heterocycles. The average Bonchev–Trinajstić information content (AvgIpc) is 2.54. The molecule has 2 fully saturated rings. The molecule has 0 aromatic rings. The molecule has 0 radical (unpaired) electrons. The average molecular weight is 329 g/mol. The fraction of sp³-hybridized carbons (Fsp3) is 1.00. The van der Waals surface area contributed by atoms with Gasteiger partial charge in [0.15, 0.2) is 6.10 Å². The van der Waals surface area contributed by atoms with Gasteiger partial charge in [-0.25, -0.2) is 0 Å². The van der Waals surface area contributed by atoms with Crippen LogP contribution in [0.2, 0.25) is 0 Å². The summed E-state index contributed by atoms with van der Waals surface area (Å²) in [6, 6.07) is 0. The fourth-order valence-electron chi connectivity index (χ4n) is 3.24. The monoisotopic (exact) mass is 328 g/mol. The van der Waals surface area contributed by atoms with Gasteiger partial charge in [0.05, 0.1) is 6.10 Å². The van der Waals surface area contributed by atoms with Crippen LogP contribution in [-0.4, -0.2) is 23.2 Å². The first kappa shape index (κ1) is 14.6. The second-order valence-corrected chi connectivity index (χ2v) is 6.76. The molecule has 0 N–H and O–H groups in total. The molecule has 0 amide bonds. The Morgan fingerprint density at radius 3 is 2.17 bits per heavy atom. The van der Waals surface area contributed by atoms with Gasteiger partial charge in [-0.2, -0.15) is 13.2 Å². The Balaban J connectivity index is 2.01. The molecule has 2 aliphatic carbocycles. The van der Waals surface area contributed by atoms with Crippen LogP contribution in [0.4, 0.5) is 13.2 Å². The van der Waals surface area contributed by atoms with Gasteiger partial charge < -0.3 is 4.74 Å². The molecule has 2 rings (SSSR count). The van der Waals surface area contributed by atoms with E-state index in [2.05, 4.69) is 15.9 Å². The Morgan fingerprint density at radius 1 is 1.17 bits per heavy atom. The van der Waals surface area contributed by atoms with E-state index in [1.807, 2.05) is 0 Å². The number of hydrogen-bond acceptors (Lipinski definition) is 1. The van der Waals surface area contributed by atoms with Gasteiger partial charge in [-0.15, -0.1) is 0 Å². The van der Waals surface area contributed by atoms with Crippen molar-refractivity contribution < 1.29 is 17.9 Å². The lowest BCUT2D eigenvalue weighted by atomic mass is 9.61. The molecule has 0 heterocycles. The van der Waals surface area contributed by atoms with E-state index >= 15 is 0 Å². The summed E-state index contributed by atoms with van der Waals surface area (Å²) < 4.78 is 43.0. The molecule has 18 heavy (non-hydrogen) atoms. The van der Waals surface area contributed by atoms with E-state index < -0.39 is 12.3 Å². The standard InChI is InChI=1S/C13H20BrF3O/c1-9(13(15,16)17)18-11-8-10(14)12(11)6-4-2-3-5-7-12/h9-11H,2-8H2,1H3. The zero-order valence-electron chi connectivity index (χ0n) is 10.6. The Morgan fingerprint density at radius 2 is 1.72 bits per heavy atom. The second kappa shape index (κ2) is 5.31. The predicted octanol–water partition coefficient (Wildman–Crippen LogP) is 4.83. The Labute approximate surface area is 115 Å². The molecule has 0 aliphatic heterocycles. The molecule has 0 bridgehead atoms. The normalized spacial score (nSPS) is 33.8. The van der Waals surface area contributed by atoms with E-state index in [-0.39, 0.29) is 11.5 Å². The van der Waals surface area contributed by atoms with Gasteiger partial charge in [0.1, 0.15) is 0 Å². The van der Waals surface area contributed by atoms with Gasteiger partial charge in [0.2, 0.25) is 0 Å². The van der Waals surface area contributed by atoms with Crippen molar-refractivity contribution in [2.24, 2.45) is 5.41 Å². The highest BCUT2D eigenvalue weighted by Gasteiger charge is 2.56. The first-order valence-electron chi connectivity index (χ1n) is 6.72. The summed E-state index contributed by atoms with van der Waals surface area (Å²) in [6.07, 6.45) is 1.20. The molecular formula is C13H20BrF3O. The lowest BCUT2D eigenvalue weighted by molar-refractivity contribution is -0.254. The highest BCUT2D eigenvalue weighted by molar-refractivity contribution is 9.09. The summed E-state index contributed by atoms with van der Waals surface area (Å²) in [4.78, 5) is 0.327. The summed E-state index contributed by atoms with van der Waals surface area (Å²) in [5.74, 6) is 0. The molecule has 0 saturated heterocycles. The van der Waals surface area contributed by atoms with Crippen LogP contribution >= 0.6 is 15.9 Å². The van der Waals surface area contributed by atoms with Crippen LogP contribution in [-0.2, 0) is 4.74 Å². The summed E-state index contributed by atoms with van der Waals surface area (Å²) in [5, 5.41) is 0. The fourth-order valence-corrected chi connectivity index (χ4v) is 4.33. The lowest BCUT2D eigenvalue weighted by Gasteiger charge is -2.54. The molecule has 1 nitrogen and oxygen atoms in total. The van der Waals surface area contributed by atoms with E-state index in [0.29, 0.717) is 11.2 Å². The van der Waals surface area contributed by atoms with Crippen LogP contribution in [0.1, 0.15) is 51.9 Å². The van der Waals surface area contributed by atoms with Crippen LogP contribution in [0.3, 0.4) is 0 Å². The molecular weight excluding hydrogens is 309 g/mol. The second-order valence-electron chi connectivity index (χ2n) is 5.66. The highest BCUT2D eigenvalue weighted by Crippen LogP contribution is 2.56. The molecule has 106 valence electrons. The van der Waals surface area contributed by atoms with E-state index in [0.717, 1.165) is 32.6 Å². The quantitative estimate of drug-likeness (QED) is 0.659. The smallest absolute Gasteiger partial charge is 0.365 e. The van der Waals surface area contributed by atoms with Gasteiger partial charge in [0.25, 0.3) is 0 Å². The highest BCUT2D eigenvalue weighted by atomic mass is 79.9. The molecule has 0 aromatic carbocycles. The van der Waals surface area contributed by atoms with Gasteiger partial charge in [-0.1, -0.05) is 41.6 Å². The SMILES string of the molecule is CC(OC1CC(Br)C12CCCCCC2)C(F)(F)F. The van der Waals surface area contributed by atoms with Gasteiger partial charge in [0, 0.05) is 10.2 Å². The Kier molecular flexibility index (Phi) is 4.32. The van der Waals surface area contributed by atoms with Gasteiger partial charge >= 0.3 is 6.18 Å². The van der Waals surface area contributed by atoms with E-state index in [1.165, 1.54) is 12.8 Å². The van der Waals surface area contributed by atoms with E-state index in [9.17, 15) is 13.2 Å². The summed E-state index contributed by atoms with van der Waals surface area (Å²) >= 11 is 3.63. The van der Waals surface area contributed by atoms with E-state index in [1.54, 1.807) is 0 Å². The summed E-state index contributed by atoms with van der Waals surface area (Å²) in [7, 11) is 0. The first-order chi connectivity index (χ1) is 8.36. The van der Waals surface area contributed by atoms with Crippen molar-refractivity contribution in [3.63, 3.8) is 0 Å². The van der Waals surface area contributed by atoms with Crippen LogP contribution in [0.25, 0.3) is 0 Å². The molecule has 2 aliphatic rings. The maximum absolute atomic E-state index is 12.6. The number of alkyl halides is 4. The minimum absolute atomic E-state index is 0.0456. The number of ether oxygens (including phenoxy) is 1. The van der Waals surface area contributed by atoms with Crippen LogP contribution in [0.5, 0.6) is 0 Å². The van der Waals surface area contributed by atoms with Crippen molar-refractivity contribution in [1.82, 2.24) is 0 Å². The molecule has 3 unspecified atom stereocenters. The maximum atomic E-state index is 12.6. The summed E-state index contributed by atoms with van der Waals surface area (Å²) in [5.41, 5.74) is -0.0456. The molecule has 2 saturated carbocycles. The van der Waals surface area contributed by atoms with Crippen molar-refractivity contribution in [3.05, 3.63) is 0 Å². The molecule has 3 atom stereocenters. The van der Waals surface area contributed by atoms with Gasteiger partial charge in [-0.3, -0.25) is 0 Å². The topological polar surface area (TPSA) is 9.23 Å². The van der Waals surface area contributed by atoms with Crippen LogP contribution in [0, 0.1) is 5.41 Å². The van der Waals surface area contributed by atoms with Crippen molar-refractivity contribution in [1.29, 1.82) is 0 Å². The van der Waals surface area contributed by atoms with Crippen molar-refractivity contribution >= 4 is 15.9 Å². The van der Waals surface area contributed by atoms with Crippen molar-refractivity contribution in [3.8, 4) is 0 Å². The zero-order valence-corrected chi connectivity index (χ0v) is 12.2. The Bertz CT molecular complexity index is 284. The van der Waals surface area contributed by atoms with E-state index in [4.69, 9.17) is 4.74 Å².